The van der Waals surface area contributed by atoms with Crippen LogP contribution in [0.1, 0.15) is 38.7 Å². The quantitative estimate of drug-likeness (QED) is 0.897. The van der Waals surface area contributed by atoms with Crippen molar-refractivity contribution in [2.45, 2.75) is 52.2 Å². The molecule has 2 rings (SSSR count). The van der Waals surface area contributed by atoms with Gasteiger partial charge in [-0.2, -0.15) is 0 Å². The second-order valence-corrected chi connectivity index (χ2v) is 5.73. The molecule has 2 N–H and O–H groups in total. The minimum Gasteiger partial charge on any atom is -0.488 e. The van der Waals surface area contributed by atoms with Crippen molar-refractivity contribution in [3.8, 4) is 5.75 Å². The number of hydrogen-bond donors (Lipinski definition) is 1. The van der Waals surface area contributed by atoms with Crippen LogP contribution < -0.4 is 10.5 Å². The number of benzene rings is 1. The minimum absolute atomic E-state index is 0.118. The van der Waals surface area contributed by atoms with Crippen LogP contribution in [0.4, 0.5) is 0 Å². The predicted molar refractivity (Wildman–Crippen MR) is 76.2 cm³/mol. The molecule has 2 unspecified atom stereocenters. The van der Waals surface area contributed by atoms with E-state index >= 15 is 0 Å². The van der Waals surface area contributed by atoms with Gasteiger partial charge in [0.1, 0.15) is 11.9 Å². The van der Waals surface area contributed by atoms with Crippen molar-refractivity contribution in [1.82, 2.24) is 0 Å². The number of halogens is 1. The van der Waals surface area contributed by atoms with Gasteiger partial charge in [-0.3, -0.25) is 0 Å². The molecule has 2 nitrogen and oxygen atoms in total. The molecule has 1 aliphatic carbocycles. The van der Waals surface area contributed by atoms with Gasteiger partial charge in [-0.05, 0) is 37.5 Å². The van der Waals surface area contributed by atoms with Crippen LogP contribution in [-0.4, -0.2) is 12.1 Å². The molecule has 2 atom stereocenters. The third kappa shape index (κ3) is 2.12. The second-order valence-electron chi connectivity index (χ2n) is 5.32. The van der Waals surface area contributed by atoms with E-state index in [2.05, 4.69) is 13.8 Å². The Morgan fingerprint density at radius 2 is 2.06 bits per heavy atom. The fourth-order valence-corrected chi connectivity index (χ4v) is 3.19. The zero-order valence-electron chi connectivity index (χ0n) is 11.4. The first-order valence-corrected chi connectivity index (χ1v) is 7.09. The molecule has 1 aromatic rings. The van der Waals surface area contributed by atoms with Crippen LogP contribution in [-0.2, 0) is 0 Å². The smallest absolute Gasteiger partial charge is 0.138 e. The Morgan fingerprint density at radius 3 is 2.61 bits per heavy atom. The summed E-state index contributed by atoms with van der Waals surface area (Å²) in [6, 6.07) is 6.14. The Hall–Kier alpha value is -0.730. The molecule has 0 spiro atoms. The lowest BCUT2D eigenvalue weighted by molar-refractivity contribution is -0.0722. The van der Waals surface area contributed by atoms with E-state index in [4.69, 9.17) is 22.1 Å². The molecule has 0 amide bonds. The van der Waals surface area contributed by atoms with Gasteiger partial charge in [-0.15, -0.1) is 0 Å². The van der Waals surface area contributed by atoms with E-state index < -0.39 is 0 Å². The third-order valence-electron chi connectivity index (χ3n) is 4.52. The second kappa shape index (κ2) is 5.10. The summed E-state index contributed by atoms with van der Waals surface area (Å²) in [5, 5.41) is 0.683. The highest BCUT2D eigenvalue weighted by Crippen LogP contribution is 2.48. The number of ether oxygens (including phenoxy) is 1. The number of hydrogen-bond acceptors (Lipinski definition) is 2. The van der Waals surface area contributed by atoms with E-state index in [0.717, 1.165) is 30.6 Å². The highest BCUT2D eigenvalue weighted by molar-refractivity contribution is 6.32. The number of rotatable bonds is 4. The van der Waals surface area contributed by atoms with Crippen molar-refractivity contribution >= 4 is 11.6 Å². The van der Waals surface area contributed by atoms with E-state index in [1.807, 2.05) is 25.1 Å². The Morgan fingerprint density at radius 1 is 1.39 bits per heavy atom. The molecule has 1 fully saturated rings. The minimum atomic E-state index is 0.118. The predicted octanol–water partition coefficient (Wildman–Crippen LogP) is 3.93. The summed E-state index contributed by atoms with van der Waals surface area (Å²) in [4.78, 5) is 0. The van der Waals surface area contributed by atoms with Crippen LogP contribution in [0.5, 0.6) is 5.75 Å². The molecule has 0 radical (unpaired) electrons. The molecular weight excluding hydrogens is 246 g/mol. The summed E-state index contributed by atoms with van der Waals surface area (Å²) >= 11 is 6.18. The van der Waals surface area contributed by atoms with Gasteiger partial charge in [-0.1, -0.05) is 31.5 Å². The van der Waals surface area contributed by atoms with Gasteiger partial charge < -0.3 is 10.5 Å². The van der Waals surface area contributed by atoms with Crippen LogP contribution in [0.3, 0.4) is 0 Å². The fourth-order valence-electron chi connectivity index (χ4n) is 3.03. The molecule has 0 aliphatic heterocycles. The standard InChI is InChI=1S/C15H22ClNO/c1-4-15(5-2)13(17)9-14(15)18-12-8-10(3)6-7-11(12)16/h6-8,13-14H,4-5,9,17H2,1-3H3. The van der Waals surface area contributed by atoms with Crippen molar-refractivity contribution in [2.75, 3.05) is 0 Å². The SMILES string of the molecule is CCC1(CC)C(N)CC1Oc1cc(C)ccc1Cl. The van der Waals surface area contributed by atoms with E-state index in [0.29, 0.717) is 5.02 Å². The topological polar surface area (TPSA) is 35.2 Å². The van der Waals surface area contributed by atoms with E-state index in [1.165, 1.54) is 0 Å². The van der Waals surface area contributed by atoms with Crippen LogP contribution in [0, 0.1) is 12.3 Å². The Kier molecular flexibility index (Phi) is 3.88. The van der Waals surface area contributed by atoms with Crippen LogP contribution in [0.2, 0.25) is 5.02 Å². The summed E-state index contributed by atoms with van der Waals surface area (Å²) < 4.78 is 6.12. The molecule has 0 heterocycles. The Labute approximate surface area is 114 Å². The van der Waals surface area contributed by atoms with E-state index in [-0.39, 0.29) is 17.6 Å². The first kappa shape index (κ1) is 13.7. The largest absolute Gasteiger partial charge is 0.488 e. The molecule has 3 heteroatoms. The molecule has 0 aromatic heterocycles. The monoisotopic (exact) mass is 267 g/mol. The zero-order valence-corrected chi connectivity index (χ0v) is 12.1. The first-order chi connectivity index (χ1) is 8.53. The summed E-state index contributed by atoms with van der Waals surface area (Å²) in [7, 11) is 0. The lowest BCUT2D eigenvalue weighted by Gasteiger charge is -2.53. The third-order valence-corrected chi connectivity index (χ3v) is 4.83. The highest BCUT2D eigenvalue weighted by atomic mass is 35.5. The van der Waals surface area contributed by atoms with Gasteiger partial charge in [-0.25, -0.2) is 0 Å². The van der Waals surface area contributed by atoms with Crippen molar-refractivity contribution < 1.29 is 4.74 Å². The van der Waals surface area contributed by atoms with E-state index in [1.54, 1.807) is 0 Å². The van der Waals surface area contributed by atoms with Crippen molar-refractivity contribution in [3.05, 3.63) is 28.8 Å². The van der Waals surface area contributed by atoms with Crippen molar-refractivity contribution in [1.29, 1.82) is 0 Å². The fraction of sp³-hybridized carbons (Fsp3) is 0.600. The molecular formula is C15H22ClNO. The number of aryl methyl sites for hydroxylation is 1. The average molecular weight is 268 g/mol. The van der Waals surface area contributed by atoms with Crippen LogP contribution >= 0.6 is 11.6 Å². The summed E-state index contributed by atoms with van der Waals surface area (Å²) in [6.45, 7) is 6.43. The lowest BCUT2D eigenvalue weighted by atomic mass is 9.59. The number of nitrogens with two attached hydrogens (primary N) is 1. The Bertz CT molecular complexity index is 429. The van der Waals surface area contributed by atoms with Gasteiger partial charge in [0, 0.05) is 17.9 Å². The zero-order chi connectivity index (χ0) is 13.3. The van der Waals surface area contributed by atoms with Gasteiger partial charge in [0.2, 0.25) is 0 Å². The molecule has 1 saturated carbocycles. The molecule has 18 heavy (non-hydrogen) atoms. The lowest BCUT2D eigenvalue weighted by Crippen LogP contribution is -2.62. The summed E-state index contributed by atoms with van der Waals surface area (Å²) in [6.07, 6.45) is 3.23. The van der Waals surface area contributed by atoms with E-state index in [9.17, 15) is 0 Å². The maximum Gasteiger partial charge on any atom is 0.138 e. The van der Waals surface area contributed by atoms with Crippen LogP contribution in [0.25, 0.3) is 0 Å². The van der Waals surface area contributed by atoms with Gasteiger partial charge >= 0.3 is 0 Å². The van der Waals surface area contributed by atoms with Crippen molar-refractivity contribution in [2.24, 2.45) is 11.1 Å². The first-order valence-electron chi connectivity index (χ1n) is 6.72. The van der Waals surface area contributed by atoms with Gasteiger partial charge in [0.15, 0.2) is 0 Å². The maximum absolute atomic E-state index is 6.18. The highest BCUT2D eigenvalue weighted by Gasteiger charge is 2.52. The normalized spacial score (nSPS) is 25.6. The summed E-state index contributed by atoms with van der Waals surface area (Å²) in [5.41, 5.74) is 7.46. The average Bonchev–Trinajstić information content (AvgIpc) is 2.35. The molecule has 1 aliphatic rings. The molecule has 0 saturated heterocycles. The molecule has 0 bridgehead atoms. The Balaban J connectivity index is 2.17. The van der Waals surface area contributed by atoms with Gasteiger partial charge in [0.25, 0.3) is 0 Å². The van der Waals surface area contributed by atoms with Gasteiger partial charge in [0.05, 0.1) is 5.02 Å². The molecule has 1 aromatic carbocycles. The molecule has 100 valence electrons. The summed E-state index contributed by atoms with van der Waals surface area (Å²) in [5.74, 6) is 0.792. The maximum atomic E-state index is 6.18. The van der Waals surface area contributed by atoms with Crippen LogP contribution in [0.15, 0.2) is 18.2 Å². The van der Waals surface area contributed by atoms with Crippen molar-refractivity contribution in [3.63, 3.8) is 0 Å².